The number of carboxylic acid groups (broad SMARTS) is 1. The maximum absolute atomic E-state index is 13.4. The second-order valence-electron chi connectivity index (χ2n) is 8.24. The average Bonchev–Trinajstić information content (AvgIpc) is 3.36. The zero-order valence-corrected chi connectivity index (χ0v) is 21.0. The van der Waals surface area contributed by atoms with Crippen LogP contribution in [0, 0.1) is 0 Å². The van der Waals surface area contributed by atoms with Crippen molar-refractivity contribution in [2.24, 2.45) is 0 Å². The van der Waals surface area contributed by atoms with Gasteiger partial charge in [-0.15, -0.1) is 0 Å². The van der Waals surface area contributed by atoms with Gasteiger partial charge in [-0.25, -0.2) is 17.9 Å². The highest BCUT2D eigenvalue weighted by molar-refractivity contribution is 7.90. The number of nitrogens with one attached hydrogen (secondary N) is 2. The van der Waals surface area contributed by atoms with Crippen molar-refractivity contribution in [2.75, 3.05) is 12.1 Å². The van der Waals surface area contributed by atoms with Crippen molar-refractivity contribution in [3.8, 4) is 17.2 Å². The molecule has 1 aliphatic heterocycles. The molecule has 12 heteroatoms. The van der Waals surface area contributed by atoms with Crippen LogP contribution in [-0.4, -0.2) is 38.6 Å². The van der Waals surface area contributed by atoms with Gasteiger partial charge in [-0.05, 0) is 66.6 Å². The first-order chi connectivity index (χ1) is 18.2. The van der Waals surface area contributed by atoms with Crippen molar-refractivity contribution < 1.29 is 42.1 Å². The second kappa shape index (κ2) is 11.2. The summed E-state index contributed by atoms with van der Waals surface area (Å²) < 4.78 is 44.8. The molecule has 0 fully saturated rings. The molecule has 1 aliphatic rings. The molecule has 0 saturated heterocycles. The van der Waals surface area contributed by atoms with Crippen LogP contribution in [0.2, 0.25) is 0 Å². The molecule has 198 valence electrons. The Labute approximate surface area is 218 Å². The highest BCUT2D eigenvalue weighted by atomic mass is 32.2. The summed E-state index contributed by atoms with van der Waals surface area (Å²) >= 11 is 0. The lowest BCUT2D eigenvalue weighted by atomic mass is 10.0. The van der Waals surface area contributed by atoms with Crippen molar-refractivity contribution in [1.29, 1.82) is 0 Å². The molecule has 1 heterocycles. The van der Waals surface area contributed by atoms with Crippen molar-refractivity contribution in [2.45, 2.75) is 30.8 Å². The number of fused-ring (bicyclic) bond motifs is 1. The summed E-state index contributed by atoms with van der Waals surface area (Å²) in [4.78, 5) is 35.3. The molecular weight excluding hydrogens is 516 g/mol. The largest absolute Gasteiger partial charge is 0.478 e. The van der Waals surface area contributed by atoms with Crippen LogP contribution in [0.15, 0.2) is 65.6 Å². The lowest BCUT2D eigenvalue weighted by Gasteiger charge is -2.21. The SMILES string of the molecule is CCCc1cc(C(=O)O)ccc1OC(C(=O)NS(=O)(=O)c1ccc(NC=O)cc1)c1ccc2c(c1)OCO2. The molecule has 3 aromatic carbocycles. The van der Waals surface area contributed by atoms with Crippen LogP contribution in [0.3, 0.4) is 0 Å². The third kappa shape index (κ3) is 5.86. The average molecular weight is 541 g/mol. The highest BCUT2D eigenvalue weighted by Gasteiger charge is 2.30. The van der Waals surface area contributed by atoms with Crippen molar-refractivity contribution in [3.63, 3.8) is 0 Å². The van der Waals surface area contributed by atoms with Gasteiger partial charge in [0.15, 0.2) is 11.5 Å². The first-order valence-electron chi connectivity index (χ1n) is 11.5. The monoisotopic (exact) mass is 540 g/mol. The summed E-state index contributed by atoms with van der Waals surface area (Å²) in [7, 11) is -4.32. The highest BCUT2D eigenvalue weighted by Crippen LogP contribution is 2.36. The lowest BCUT2D eigenvalue weighted by molar-refractivity contribution is -0.126. The molecule has 38 heavy (non-hydrogen) atoms. The fraction of sp³-hybridized carbons (Fsp3) is 0.192. The van der Waals surface area contributed by atoms with Gasteiger partial charge < -0.3 is 24.6 Å². The molecule has 11 nitrogen and oxygen atoms in total. The lowest BCUT2D eigenvalue weighted by Crippen LogP contribution is -2.37. The van der Waals surface area contributed by atoms with Gasteiger partial charge in [-0.1, -0.05) is 19.4 Å². The van der Waals surface area contributed by atoms with Crippen LogP contribution in [0.25, 0.3) is 0 Å². The van der Waals surface area contributed by atoms with Crippen molar-refractivity contribution in [3.05, 3.63) is 77.4 Å². The topological polar surface area (TPSA) is 157 Å². The molecule has 0 saturated carbocycles. The molecule has 0 spiro atoms. The van der Waals surface area contributed by atoms with E-state index in [9.17, 15) is 27.9 Å². The van der Waals surface area contributed by atoms with Gasteiger partial charge in [0, 0.05) is 11.3 Å². The van der Waals surface area contributed by atoms with E-state index in [1.807, 2.05) is 11.6 Å². The number of carbonyl (C=O) groups is 3. The minimum Gasteiger partial charge on any atom is -0.478 e. The number of rotatable bonds is 11. The Kier molecular flexibility index (Phi) is 7.82. The van der Waals surface area contributed by atoms with Gasteiger partial charge in [0.05, 0.1) is 10.5 Å². The Morgan fingerprint density at radius 1 is 1.05 bits per heavy atom. The van der Waals surface area contributed by atoms with E-state index in [2.05, 4.69) is 5.32 Å². The van der Waals surface area contributed by atoms with E-state index in [1.165, 1.54) is 48.5 Å². The second-order valence-corrected chi connectivity index (χ2v) is 9.93. The molecule has 0 radical (unpaired) electrons. The Morgan fingerprint density at radius 2 is 1.79 bits per heavy atom. The van der Waals surface area contributed by atoms with E-state index < -0.39 is 28.0 Å². The quantitative estimate of drug-likeness (QED) is 0.311. The minimum atomic E-state index is -4.32. The number of benzene rings is 3. The van der Waals surface area contributed by atoms with Crippen LogP contribution in [0.4, 0.5) is 5.69 Å². The molecule has 0 aromatic heterocycles. The van der Waals surface area contributed by atoms with E-state index in [0.717, 1.165) is 0 Å². The summed E-state index contributed by atoms with van der Waals surface area (Å²) in [5.41, 5.74) is 1.27. The Balaban J connectivity index is 1.68. The van der Waals surface area contributed by atoms with E-state index >= 15 is 0 Å². The van der Waals surface area contributed by atoms with E-state index in [1.54, 1.807) is 12.1 Å². The fourth-order valence-electron chi connectivity index (χ4n) is 3.81. The van der Waals surface area contributed by atoms with Gasteiger partial charge in [0.2, 0.25) is 19.3 Å². The number of anilines is 1. The number of aromatic carboxylic acids is 1. The molecule has 3 N–H and O–H groups in total. The predicted molar refractivity (Wildman–Crippen MR) is 135 cm³/mol. The first-order valence-corrected chi connectivity index (χ1v) is 13.0. The summed E-state index contributed by atoms with van der Waals surface area (Å²) in [5, 5.41) is 11.8. The zero-order chi connectivity index (χ0) is 27.3. The summed E-state index contributed by atoms with van der Waals surface area (Å²) in [6.07, 6.45) is 0.144. The Bertz CT molecular complexity index is 1470. The minimum absolute atomic E-state index is 0.00284. The standard InChI is InChI=1S/C26H24N2O9S/c1-2-3-16-12-18(26(31)32)5-10-21(16)37-24(17-4-11-22-23(13-17)36-15-35-22)25(30)28-38(33,34)20-8-6-19(7-9-20)27-14-29/h4-14,24H,2-3,15H2,1H3,(H,27,29)(H,28,30)(H,31,32). The van der Waals surface area contributed by atoms with E-state index in [-0.39, 0.29) is 28.6 Å². The van der Waals surface area contributed by atoms with Crippen LogP contribution < -0.4 is 24.2 Å². The van der Waals surface area contributed by atoms with E-state index in [4.69, 9.17) is 14.2 Å². The first kappa shape index (κ1) is 26.5. The van der Waals surface area contributed by atoms with E-state index in [0.29, 0.717) is 42.0 Å². The number of aryl methyl sites for hydroxylation is 1. The maximum atomic E-state index is 13.4. The third-order valence-electron chi connectivity index (χ3n) is 5.63. The molecule has 2 amide bonds. The number of sulfonamides is 1. The van der Waals surface area contributed by atoms with Crippen LogP contribution in [0.1, 0.15) is 40.9 Å². The summed E-state index contributed by atoms with van der Waals surface area (Å²) in [6, 6.07) is 14.1. The normalized spacial score (nSPS) is 12.9. The van der Waals surface area contributed by atoms with Gasteiger partial charge in [-0.2, -0.15) is 0 Å². The van der Waals surface area contributed by atoms with Crippen LogP contribution in [0.5, 0.6) is 17.2 Å². The van der Waals surface area contributed by atoms with Gasteiger partial charge in [-0.3, -0.25) is 9.59 Å². The number of carbonyl (C=O) groups excluding carboxylic acids is 2. The number of hydrogen-bond donors (Lipinski definition) is 3. The van der Waals surface area contributed by atoms with Gasteiger partial charge in [0.1, 0.15) is 5.75 Å². The predicted octanol–water partition coefficient (Wildman–Crippen LogP) is 3.26. The fourth-order valence-corrected chi connectivity index (χ4v) is 4.80. The van der Waals surface area contributed by atoms with Crippen molar-refractivity contribution in [1.82, 2.24) is 4.72 Å². The molecule has 1 atom stereocenters. The summed E-state index contributed by atoms with van der Waals surface area (Å²) in [5.74, 6) is -1.04. The van der Waals surface area contributed by atoms with Gasteiger partial charge >= 0.3 is 5.97 Å². The third-order valence-corrected chi connectivity index (χ3v) is 7.00. The number of ether oxygens (including phenoxy) is 3. The Hall–Kier alpha value is -4.58. The maximum Gasteiger partial charge on any atom is 0.335 e. The van der Waals surface area contributed by atoms with Crippen molar-refractivity contribution >= 4 is 34.0 Å². The number of carboxylic acids is 1. The molecule has 0 bridgehead atoms. The van der Waals surface area contributed by atoms with Crippen LogP contribution in [-0.2, 0) is 26.0 Å². The van der Waals surface area contributed by atoms with Gasteiger partial charge in [0.25, 0.3) is 15.9 Å². The molecular formula is C26H24N2O9S. The summed E-state index contributed by atoms with van der Waals surface area (Å²) in [6.45, 7) is 1.90. The molecule has 1 unspecified atom stereocenters. The Morgan fingerprint density at radius 3 is 2.47 bits per heavy atom. The van der Waals surface area contributed by atoms with Crippen LogP contribution >= 0.6 is 0 Å². The zero-order valence-electron chi connectivity index (χ0n) is 20.2. The molecule has 3 aromatic rings. The molecule has 4 rings (SSSR count). The number of amides is 2. The molecule has 0 aliphatic carbocycles. The smallest absolute Gasteiger partial charge is 0.335 e. The number of hydrogen-bond acceptors (Lipinski definition) is 8.